The molecule has 3 heterocycles. The second kappa shape index (κ2) is 11.9. The highest BCUT2D eigenvalue weighted by Crippen LogP contribution is 2.47. The number of carbonyl (C=O) groups excluding carboxylic acids is 1. The summed E-state index contributed by atoms with van der Waals surface area (Å²) in [5.74, 6) is 0.342. The summed E-state index contributed by atoms with van der Waals surface area (Å²) in [5.41, 5.74) is 3.82. The molecule has 9 heteroatoms. The summed E-state index contributed by atoms with van der Waals surface area (Å²) in [6, 6.07) is 26.6. The lowest BCUT2D eigenvalue weighted by Gasteiger charge is -2.41. The van der Waals surface area contributed by atoms with E-state index in [-0.39, 0.29) is 36.2 Å². The van der Waals surface area contributed by atoms with Crippen LogP contribution in [-0.2, 0) is 28.3 Å². The van der Waals surface area contributed by atoms with E-state index in [1.54, 1.807) is 11.0 Å². The van der Waals surface area contributed by atoms with Crippen molar-refractivity contribution in [3.05, 3.63) is 102 Å². The van der Waals surface area contributed by atoms with Crippen molar-refractivity contribution in [1.29, 1.82) is 0 Å². The van der Waals surface area contributed by atoms with Gasteiger partial charge in [0.25, 0.3) is 0 Å². The maximum Gasteiger partial charge on any atom is 0.227 e. The molecule has 2 aliphatic heterocycles. The van der Waals surface area contributed by atoms with Gasteiger partial charge in [0.2, 0.25) is 17.4 Å². The first-order chi connectivity index (χ1) is 21.9. The molecule has 0 N–H and O–H groups in total. The van der Waals surface area contributed by atoms with Crippen LogP contribution in [0.4, 0.5) is 10.1 Å². The van der Waals surface area contributed by atoms with Gasteiger partial charge in [-0.25, -0.2) is 9.37 Å². The van der Waals surface area contributed by atoms with Crippen molar-refractivity contribution in [2.24, 2.45) is 0 Å². The fourth-order valence-electron chi connectivity index (χ4n) is 6.04. The van der Waals surface area contributed by atoms with Gasteiger partial charge >= 0.3 is 0 Å². The standard InChI is InChI=1S/C36H34FN3O5/c1-36(22-43-23-36)40-29-16-15-26(39-17-9-14-31(39)41)18-28(29)38-35(40)27-19-30(42-2)33(44-20-24-10-5-3-6-11-24)34(32(27)37)45-21-25-12-7-4-8-13-25/h3-8,10-13,15-16,18-19H,9,14,17,20-23H2,1-2H3. The van der Waals surface area contributed by atoms with Gasteiger partial charge in [0.15, 0.2) is 11.6 Å². The normalized spacial score (nSPS) is 15.7. The molecule has 1 aromatic heterocycles. The van der Waals surface area contributed by atoms with Crippen LogP contribution in [-0.4, -0.2) is 42.3 Å². The van der Waals surface area contributed by atoms with Crippen LogP contribution < -0.4 is 19.1 Å². The van der Waals surface area contributed by atoms with Crippen molar-refractivity contribution < 1.29 is 28.1 Å². The predicted octanol–water partition coefficient (Wildman–Crippen LogP) is 6.88. The van der Waals surface area contributed by atoms with Gasteiger partial charge in [0, 0.05) is 18.7 Å². The first-order valence-electron chi connectivity index (χ1n) is 15.1. The molecule has 0 atom stereocenters. The Morgan fingerprint density at radius 3 is 2.16 bits per heavy atom. The van der Waals surface area contributed by atoms with Crippen molar-refractivity contribution in [2.75, 3.05) is 31.8 Å². The Morgan fingerprint density at radius 2 is 1.58 bits per heavy atom. The molecule has 2 aliphatic rings. The van der Waals surface area contributed by atoms with Gasteiger partial charge in [-0.1, -0.05) is 60.7 Å². The van der Waals surface area contributed by atoms with Crippen LogP contribution in [0.3, 0.4) is 0 Å². The van der Waals surface area contributed by atoms with Crippen LogP contribution in [0.2, 0.25) is 0 Å². The molecule has 7 rings (SSSR count). The van der Waals surface area contributed by atoms with Gasteiger partial charge in [-0.2, -0.15) is 0 Å². The molecule has 8 nitrogen and oxygen atoms in total. The van der Waals surface area contributed by atoms with E-state index in [4.69, 9.17) is 23.9 Å². The first kappa shape index (κ1) is 28.9. The fourth-order valence-corrected chi connectivity index (χ4v) is 6.04. The molecule has 5 aromatic rings. The summed E-state index contributed by atoms with van der Waals surface area (Å²) < 4.78 is 42.8. The molecular weight excluding hydrogens is 573 g/mol. The summed E-state index contributed by atoms with van der Waals surface area (Å²) >= 11 is 0. The Labute approximate surface area is 260 Å². The minimum absolute atomic E-state index is 0.0545. The first-order valence-corrected chi connectivity index (χ1v) is 15.1. The summed E-state index contributed by atoms with van der Waals surface area (Å²) in [7, 11) is 1.52. The topological polar surface area (TPSA) is 75.1 Å². The summed E-state index contributed by atoms with van der Waals surface area (Å²) in [4.78, 5) is 19.3. The number of benzene rings is 4. The van der Waals surface area contributed by atoms with E-state index in [2.05, 4.69) is 6.92 Å². The van der Waals surface area contributed by atoms with Gasteiger partial charge in [0.1, 0.15) is 19.0 Å². The number of hydrogen-bond donors (Lipinski definition) is 0. The van der Waals surface area contributed by atoms with E-state index >= 15 is 4.39 Å². The number of fused-ring (bicyclic) bond motifs is 1. The molecule has 0 bridgehead atoms. The molecule has 0 unspecified atom stereocenters. The van der Waals surface area contributed by atoms with Crippen molar-refractivity contribution in [3.63, 3.8) is 0 Å². The van der Waals surface area contributed by atoms with E-state index in [9.17, 15) is 4.79 Å². The highest BCUT2D eigenvalue weighted by Gasteiger charge is 2.40. The molecule has 2 fully saturated rings. The van der Waals surface area contributed by atoms with E-state index in [0.717, 1.165) is 28.8 Å². The van der Waals surface area contributed by atoms with E-state index in [0.29, 0.717) is 43.3 Å². The zero-order chi connectivity index (χ0) is 31.0. The largest absolute Gasteiger partial charge is 0.493 e. The maximum absolute atomic E-state index is 17.0. The van der Waals surface area contributed by atoms with Gasteiger partial charge in [-0.3, -0.25) is 4.79 Å². The Kier molecular flexibility index (Phi) is 7.63. The molecule has 4 aromatic carbocycles. The minimum atomic E-state index is -0.606. The summed E-state index contributed by atoms with van der Waals surface area (Å²) in [5, 5.41) is 0. The monoisotopic (exact) mass is 607 g/mol. The third kappa shape index (κ3) is 5.37. The van der Waals surface area contributed by atoms with Gasteiger partial charge in [-0.15, -0.1) is 0 Å². The number of carbonyl (C=O) groups is 1. The Morgan fingerprint density at radius 1 is 0.911 bits per heavy atom. The second-order valence-electron chi connectivity index (χ2n) is 11.7. The van der Waals surface area contributed by atoms with Crippen LogP contribution in [0, 0.1) is 5.82 Å². The second-order valence-corrected chi connectivity index (χ2v) is 11.7. The molecule has 0 aliphatic carbocycles. The number of aromatic nitrogens is 2. The van der Waals surface area contributed by atoms with Crippen molar-refractivity contribution in [3.8, 4) is 28.6 Å². The van der Waals surface area contributed by atoms with Gasteiger partial charge in [-0.05, 0) is 48.7 Å². The van der Waals surface area contributed by atoms with Gasteiger partial charge < -0.3 is 28.4 Å². The quantitative estimate of drug-likeness (QED) is 0.172. The molecule has 2 saturated heterocycles. The number of hydrogen-bond acceptors (Lipinski definition) is 6. The Balaban J connectivity index is 1.37. The highest BCUT2D eigenvalue weighted by atomic mass is 19.1. The number of nitrogens with zero attached hydrogens (tertiary/aromatic N) is 3. The molecule has 230 valence electrons. The van der Waals surface area contributed by atoms with E-state index < -0.39 is 11.4 Å². The van der Waals surface area contributed by atoms with Crippen LogP contribution in [0.15, 0.2) is 84.9 Å². The number of ether oxygens (including phenoxy) is 4. The summed E-state index contributed by atoms with van der Waals surface area (Å²) in [6.45, 7) is 3.96. The van der Waals surface area contributed by atoms with Gasteiger partial charge in [0.05, 0.1) is 42.5 Å². The third-order valence-electron chi connectivity index (χ3n) is 8.44. The van der Waals surface area contributed by atoms with Crippen molar-refractivity contribution in [1.82, 2.24) is 9.55 Å². The number of imidazole rings is 1. The number of anilines is 1. The molecule has 0 spiro atoms. The molecule has 1 amide bonds. The number of methoxy groups -OCH3 is 1. The highest BCUT2D eigenvalue weighted by molar-refractivity contribution is 5.97. The van der Waals surface area contributed by atoms with E-state index in [1.807, 2.05) is 83.4 Å². The minimum Gasteiger partial charge on any atom is -0.493 e. The lowest BCUT2D eigenvalue weighted by atomic mass is 9.98. The van der Waals surface area contributed by atoms with Crippen LogP contribution in [0.5, 0.6) is 17.2 Å². The smallest absolute Gasteiger partial charge is 0.227 e. The molecular formula is C36H34FN3O5. The molecule has 0 radical (unpaired) electrons. The third-order valence-corrected chi connectivity index (χ3v) is 8.44. The SMILES string of the molecule is COc1cc(-c2nc3cc(N4CCCC4=O)ccc3n2C2(C)COC2)c(F)c(OCc2ccccc2)c1OCc1ccccc1. The maximum atomic E-state index is 17.0. The van der Waals surface area contributed by atoms with Crippen LogP contribution in [0.1, 0.15) is 30.9 Å². The average molecular weight is 608 g/mol. The fraction of sp³-hybridized carbons (Fsp3) is 0.278. The zero-order valence-electron chi connectivity index (χ0n) is 25.3. The number of halogens is 1. The zero-order valence-corrected chi connectivity index (χ0v) is 25.3. The van der Waals surface area contributed by atoms with E-state index in [1.165, 1.54) is 7.11 Å². The Bertz CT molecular complexity index is 1850. The molecule has 45 heavy (non-hydrogen) atoms. The number of rotatable bonds is 10. The van der Waals surface area contributed by atoms with Crippen LogP contribution in [0.25, 0.3) is 22.4 Å². The number of amides is 1. The van der Waals surface area contributed by atoms with Crippen LogP contribution >= 0.6 is 0 Å². The lowest BCUT2D eigenvalue weighted by Crippen LogP contribution is -2.49. The lowest BCUT2D eigenvalue weighted by molar-refractivity contribution is -0.117. The Hall–Kier alpha value is -4.89. The predicted molar refractivity (Wildman–Crippen MR) is 169 cm³/mol. The van der Waals surface area contributed by atoms with Crippen molar-refractivity contribution >= 4 is 22.6 Å². The molecule has 0 saturated carbocycles. The summed E-state index contributed by atoms with van der Waals surface area (Å²) in [6.07, 6.45) is 1.35. The average Bonchev–Trinajstić information content (AvgIpc) is 3.66. The van der Waals surface area contributed by atoms with Crippen molar-refractivity contribution in [2.45, 2.75) is 38.5 Å².